The second kappa shape index (κ2) is 6.27. The van der Waals surface area contributed by atoms with E-state index in [1.54, 1.807) is 0 Å². The number of hydrogen-bond acceptors (Lipinski definition) is 4. The predicted octanol–water partition coefficient (Wildman–Crippen LogP) is 2.48. The number of alkyl halides is 1. The summed E-state index contributed by atoms with van der Waals surface area (Å²) in [5.74, 6) is -0.464. The SMILES string of the molecule is ClC1CCCC(OCCC2CO2)(OCCC2CO2)C1. The quantitative estimate of drug-likeness (QED) is 0.391. The Morgan fingerprint density at radius 2 is 1.63 bits per heavy atom. The van der Waals surface area contributed by atoms with Crippen molar-refractivity contribution in [2.24, 2.45) is 0 Å². The third-order valence-electron chi connectivity index (χ3n) is 4.02. The number of ether oxygens (including phenoxy) is 4. The van der Waals surface area contributed by atoms with Crippen molar-refractivity contribution in [1.29, 1.82) is 0 Å². The molecule has 0 amide bonds. The van der Waals surface area contributed by atoms with Gasteiger partial charge in [-0.2, -0.15) is 0 Å². The number of rotatable bonds is 8. The fourth-order valence-electron chi connectivity index (χ4n) is 2.66. The van der Waals surface area contributed by atoms with Crippen molar-refractivity contribution in [1.82, 2.24) is 0 Å². The molecule has 3 fully saturated rings. The molecule has 3 aliphatic rings. The Bertz CT molecular complexity index is 273. The first-order valence-corrected chi connectivity index (χ1v) is 7.85. The maximum atomic E-state index is 6.30. The maximum absolute atomic E-state index is 6.30. The summed E-state index contributed by atoms with van der Waals surface area (Å²) in [5, 5.41) is 0.170. The minimum Gasteiger partial charge on any atom is -0.373 e. The molecule has 3 rings (SSSR count). The molecule has 5 heteroatoms. The Morgan fingerprint density at radius 3 is 2.11 bits per heavy atom. The van der Waals surface area contributed by atoms with Gasteiger partial charge in [-0.3, -0.25) is 0 Å². The van der Waals surface area contributed by atoms with Crippen LogP contribution < -0.4 is 0 Å². The van der Waals surface area contributed by atoms with Gasteiger partial charge in [0.1, 0.15) is 0 Å². The molecule has 0 N–H and O–H groups in total. The van der Waals surface area contributed by atoms with Crippen LogP contribution in [0.25, 0.3) is 0 Å². The average Bonchev–Trinajstić information content (AvgIpc) is 3.24. The van der Waals surface area contributed by atoms with E-state index in [1.807, 2.05) is 0 Å². The Hall–Kier alpha value is 0.130. The molecular weight excluding hydrogens is 268 g/mol. The monoisotopic (exact) mass is 290 g/mol. The summed E-state index contributed by atoms with van der Waals surface area (Å²) in [6.07, 6.45) is 6.63. The Morgan fingerprint density at radius 1 is 1.05 bits per heavy atom. The summed E-state index contributed by atoms with van der Waals surface area (Å²) in [5.41, 5.74) is 0. The molecule has 1 aliphatic carbocycles. The topological polar surface area (TPSA) is 43.5 Å². The van der Waals surface area contributed by atoms with E-state index in [4.69, 9.17) is 30.5 Å². The van der Waals surface area contributed by atoms with Crippen molar-refractivity contribution in [3.63, 3.8) is 0 Å². The highest BCUT2D eigenvalue weighted by atomic mass is 35.5. The Labute approximate surface area is 119 Å². The fraction of sp³-hybridized carbons (Fsp3) is 1.00. The molecular formula is C14H23ClO4. The summed E-state index contributed by atoms with van der Waals surface area (Å²) in [6, 6.07) is 0. The van der Waals surface area contributed by atoms with Crippen LogP contribution in [-0.4, -0.2) is 49.8 Å². The second-order valence-electron chi connectivity index (χ2n) is 5.79. The molecule has 2 heterocycles. The molecule has 3 unspecified atom stereocenters. The van der Waals surface area contributed by atoms with Gasteiger partial charge >= 0.3 is 0 Å². The van der Waals surface area contributed by atoms with Gasteiger partial charge < -0.3 is 18.9 Å². The van der Waals surface area contributed by atoms with E-state index in [1.165, 1.54) is 0 Å². The number of hydrogen-bond donors (Lipinski definition) is 0. The minimum absolute atomic E-state index is 0.170. The van der Waals surface area contributed by atoms with E-state index in [-0.39, 0.29) is 5.38 Å². The molecule has 0 bridgehead atoms. The van der Waals surface area contributed by atoms with Crippen LogP contribution in [0.4, 0.5) is 0 Å². The van der Waals surface area contributed by atoms with Gasteiger partial charge in [-0.15, -0.1) is 11.6 Å². The van der Waals surface area contributed by atoms with Gasteiger partial charge in [0.05, 0.1) is 38.6 Å². The van der Waals surface area contributed by atoms with Crippen molar-refractivity contribution in [2.45, 2.75) is 61.9 Å². The first kappa shape index (κ1) is 14.1. The van der Waals surface area contributed by atoms with Crippen LogP contribution in [-0.2, 0) is 18.9 Å². The van der Waals surface area contributed by atoms with Crippen molar-refractivity contribution in [2.75, 3.05) is 26.4 Å². The van der Waals surface area contributed by atoms with E-state index in [0.29, 0.717) is 25.4 Å². The van der Waals surface area contributed by atoms with Crippen molar-refractivity contribution >= 4 is 11.6 Å². The fourth-order valence-corrected chi connectivity index (χ4v) is 3.05. The summed E-state index contributed by atoms with van der Waals surface area (Å²) >= 11 is 6.30. The van der Waals surface area contributed by atoms with Gasteiger partial charge in [0.25, 0.3) is 0 Å². The van der Waals surface area contributed by atoms with Gasteiger partial charge in [-0.05, 0) is 25.7 Å². The highest BCUT2D eigenvalue weighted by Gasteiger charge is 2.39. The standard InChI is InChI=1S/C14H23ClO4/c15-11-2-1-5-14(8-11,18-6-3-12-9-16-12)19-7-4-13-10-17-13/h11-13H,1-10H2. The van der Waals surface area contributed by atoms with E-state index >= 15 is 0 Å². The first-order chi connectivity index (χ1) is 9.26. The summed E-state index contributed by atoms with van der Waals surface area (Å²) in [6.45, 7) is 3.17. The largest absolute Gasteiger partial charge is 0.373 e. The normalized spacial score (nSPS) is 41.2. The zero-order valence-electron chi connectivity index (χ0n) is 11.3. The molecule has 1 saturated carbocycles. The van der Waals surface area contributed by atoms with Crippen molar-refractivity contribution < 1.29 is 18.9 Å². The van der Waals surface area contributed by atoms with Crippen LogP contribution in [0.15, 0.2) is 0 Å². The molecule has 2 aliphatic heterocycles. The van der Waals surface area contributed by atoms with Crippen LogP contribution in [0.2, 0.25) is 0 Å². The van der Waals surface area contributed by atoms with Gasteiger partial charge in [0.2, 0.25) is 0 Å². The van der Waals surface area contributed by atoms with Crippen LogP contribution in [0.5, 0.6) is 0 Å². The van der Waals surface area contributed by atoms with Crippen molar-refractivity contribution in [3.05, 3.63) is 0 Å². The van der Waals surface area contributed by atoms with Crippen LogP contribution in [0.3, 0.4) is 0 Å². The Balaban J connectivity index is 1.46. The van der Waals surface area contributed by atoms with Crippen LogP contribution in [0.1, 0.15) is 38.5 Å². The molecule has 0 aromatic rings. The van der Waals surface area contributed by atoms with Gasteiger partial charge in [-0.1, -0.05) is 0 Å². The molecule has 2 saturated heterocycles. The van der Waals surface area contributed by atoms with Crippen LogP contribution in [0, 0.1) is 0 Å². The molecule has 0 aromatic carbocycles. The average molecular weight is 291 g/mol. The molecule has 110 valence electrons. The maximum Gasteiger partial charge on any atom is 0.169 e. The third-order valence-corrected chi connectivity index (χ3v) is 4.39. The van der Waals surface area contributed by atoms with Crippen molar-refractivity contribution in [3.8, 4) is 0 Å². The molecule has 0 radical (unpaired) electrons. The zero-order valence-corrected chi connectivity index (χ0v) is 12.1. The lowest BCUT2D eigenvalue weighted by Crippen LogP contribution is -2.42. The molecule has 3 atom stereocenters. The van der Waals surface area contributed by atoms with E-state index in [2.05, 4.69) is 0 Å². The summed E-state index contributed by atoms with van der Waals surface area (Å²) in [7, 11) is 0. The van der Waals surface area contributed by atoms with Gasteiger partial charge in [0.15, 0.2) is 5.79 Å². The smallest absolute Gasteiger partial charge is 0.169 e. The number of halogens is 1. The molecule has 0 spiro atoms. The summed E-state index contributed by atoms with van der Waals surface area (Å²) in [4.78, 5) is 0. The summed E-state index contributed by atoms with van der Waals surface area (Å²) < 4.78 is 22.6. The van der Waals surface area contributed by atoms with Gasteiger partial charge in [-0.25, -0.2) is 0 Å². The zero-order chi connectivity index (χ0) is 13.1. The lowest BCUT2D eigenvalue weighted by Gasteiger charge is -2.39. The predicted molar refractivity (Wildman–Crippen MR) is 71.5 cm³/mol. The minimum atomic E-state index is -0.464. The van der Waals surface area contributed by atoms with E-state index in [9.17, 15) is 0 Å². The number of epoxide rings is 2. The first-order valence-electron chi connectivity index (χ1n) is 7.41. The third kappa shape index (κ3) is 4.57. The molecule has 4 nitrogen and oxygen atoms in total. The van der Waals surface area contributed by atoms with Crippen LogP contribution >= 0.6 is 11.6 Å². The molecule has 19 heavy (non-hydrogen) atoms. The molecule has 0 aromatic heterocycles. The highest BCUT2D eigenvalue weighted by molar-refractivity contribution is 6.20. The second-order valence-corrected chi connectivity index (χ2v) is 6.41. The lowest BCUT2D eigenvalue weighted by atomic mass is 9.93. The highest BCUT2D eigenvalue weighted by Crippen LogP contribution is 2.36. The van der Waals surface area contributed by atoms with E-state index in [0.717, 1.165) is 51.7 Å². The van der Waals surface area contributed by atoms with Gasteiger partial charge in [0, 0.05) is 18.2 Å². The Kier molecular flexibility index (Phi) is 4.65. The van der Waals surface area contributed by atoms with E-state index < -0.39 is 5.79 Å². The lowest BCUT2D eigenvalue weighted by molar-refractivity contribution is -0.252.